The average molecular weight is 276 g/mol. The summed E-state index contributed by atoms with van der Waals surface area (Å²) < 4.78 is 5.58. The van der Waals surface area contributed by atoms with E-state index < -0.39 is 5.91 Å². The lowest BCUT2D eigenvalue weighted by Crippen LogP contribution is -2.12. The summed E-state index contributed by atoms with van der Waals surface area (Å²) in [6.45, 7) is 1.09. The molecule has 0 saturated heterocycles. The van der Waals surface area contributed by atoms with Gasteiger partial charge in [-0.1, -0.05) is 12.1 Å². The lowest BCUT2D eigenvalue weighted by atomic mass is 10.1. The highest BCUT2D eigenvalue weighted by molar-refractivity contribution is 7.09. The second kappa shape index (κ2) is 6.36. The van der Waals surface area contributed by atoms with E-state index in [-0.39, 0.29) is 0 Å². The van der Waals surface area contributed by atoms with Gasteiger partial charge in [-0.05, 0) is 23.6 Å². The quantitative estimate of drug-likeness (QED) is 0.627. The Kier molecular flexibility index (Phi) is 4.54. The fraction of sp³-hybridized carbons (Fsp3) is 0.214. The van der Waals surface area contributed by atoms with Crippen LogP contribution in [0.1, 0.15) is 20.8 Å². The first-order chi connectivity index (χ1) is 9.16. The fourth-order valence-corrected chi connectivity index (χ4v) is 2.38. The number of hydrogen-bond donors (Lipinski definition) is 2. The summed E-state index contributed by atoms with van der Waals surface area (Å²) in [5.74, 6) is -0.475. The molecule has 0 aliphatic rings. The molecule has 0 unspecified atom stereocenters. The van der Waals surface area contributed by atoms with Crippen LogP contribution in [0.4, 0.5) is 5.69 Å². The number of ether oxygens (including phenoxy) is 1. The van der Waals surface area contributed by atoms with Crippen molar-refractivity contribution in [2.75, 3.05) is 12.3 Å². The van der Waals surface area contributed by atoms with E-state index in [1.165, 1.54) is 4.88 Å². The third kappa shape index (κ3) is 3.81. The number of hydrogen-bond acceptors (Lipinski definition) is 4. The molecule has 2 aromatic rings. The first-order valence-corrected chi connectivity index (χ1v) is 6.83. The SMILES string of the molecule is NC(=O)c1ccc(COCCc2cccs2)c(N)c1. The molecule has 2 rings (SSSR count). The molecule has 0 bridgehead atoms. The van der Waals surface area contributed by atoms with Crippen LogP contribution in [0.2, 0.25) is 0 Å². The maximum Gasteiger partial charge on any atom is 0.248 e. The van der Waals surface area contributed by atoms with Gasteiger partial charge >= 0.3 is 0 Å². The van der Waals surface area contributed by atoms with Crippen molar-refractivity contribution in [3.05, 3.63) is 51.7 Å². The minimum atomic E-state index is -0.475. The highest BCUT2D eigenvalue weighted by Gasteiger charge is 2.05. The number of rotatable bonds is 6. The number of benzene rings is 1. The lowest BCUT2D eigenvalue weighted by molar-refractivity contribution is 0.1000. The van der Waals surface area contributed by atoms with Crippen LogP contribution in [-0.2, 0) is 17.8 Å². The molecular weight excluding hydrogens is 260 g/mol. The molecule has 4 nitrogen and oxygen atoms in total. The molecule has 0 saturated carbocycles. The van der Waals surface area contributed by atoms with Gasteiger partial charge in [-0.2, -0.15) is 0 Å². The van der Waals surface area contributed by atoms with Crippen molar-refractivity contribution in [1.82, 2.24) is 0 Å². The number of primary amides is 1. The molecular formula is C14H16N2O2S. The molecule has 19 heavy (non-hydrogen) atoms. The lowest BCUT2D eigenvalue weighted by Gasteiger charge is -2.07. The van der Waals surface area contributed by atoms with Gasteiger partial charge in [0.15, 0.2) is 0 Å². The van der Waals surface area contributed by atoms with Crippen LogP contribution in [0.25, 0.3) is 0 Å². The second-order valence-electron chi connectivity index (χ2n) is 4.16. The van der Waals surface area contributed by atoms with Crippen LogP contribution < -0.4 is 11.5 Å². The molecule has 0 radical (unpaired) electrons. The summed E-state index contributed by atoms with van der Waals surface area (Å²) in [4.78, 5) is 12.3. The Morgan fingerprint density at radius 3 is 2.79 bits per heavy atom. The number of nitrogens with two attached hydrogens (primary N) is 2. The van der Waals surface area contributed by atoms with Crippen molar-refractivity contribution in [2.24, 2.45) is 5.73 Å². The van der Waals surface area contributed by atoms with Gasteiger partial charge in [-0.15, -0.1) is 11.3 Å². The summed E-state index contributed by atoms with van der Waals surface area (Å²) in [5.41, 5.74) is 12.9. The standard InChI is InChI=1S/C14H16N2O2S/c15-13-8-10(14(16)17)3-4-11(13)9-18-6-5-12-2-1-7-19-12/h1-4,7-8H,5-6,9,15H2,(H2,16,17). The minimum Gasteiger partial charge on any atom is -0.398 e. The van der Waals surface area contributed by atoms with Gasteiger partial charge in [-0.3, -0.25) is 4.79 Å². The molecule has 0 spiro atoms. The van der Waals surface area contributed by atoms with E-state index in [2.05, 4.69) is 11.4 Å². The van der Waals surface area contributed by atoms with Gasteiger partial charge in [0.2, 0.25) is 5.91 Å². The second-order valence-corrected chi connectivity index (χ2v) is 5.19. The number of carbonyl (C=O) groups is 1. The first-order valence-electron chi connectivity index (χ1n) is 5.95. The zero-order valence-corrected chi connectivity index (χ0v) is 11.3. The maximum atomic E-state index is 11.0. The van der Waals surface area contributed by atoms with E-state index in [0.29, 0.717) is 24.5 Å². The van der Waals surface area contributed by atoms with Gasteiger partial charge in [-0.25, -0.2) is 0 Å². The number of anilines is 1. The van der Waals surface area contributed by atoms with Gasteiger partial charge in [0.1, 0.15) is 0 Å². The van der Waals surface area contributed by atoms with Gasteiger partial charge in [0, 0.05) is 28.1 Å². The van der Waals surface area contributed by atoms with Crippen LogP contribution in [0, 0.1) is 0 Å². The highest BCUT2D eigenvalue weighted by atomic mass is 32.1. The Morgan fingerprint density at radius 1 is 1.32 bits per heavy atom. The van der Waals surface area contributed by atoms with E-state index in [1.54, 1.807) is 29.5 Å². The summed E-state index contributed by atoms with van der Waals surface area (Å²) in [6.07, 6.45) is 0.900. The predicted octanol–water partition coefficient (Wildman–Crippen LogP) is 2.19. The van der Waals surface area contributed by atoms with E-state index in [4.69, 9.17) is 16.2 Å². The molecule has 0 atom stereocenters. The number of amides is 1. The Hall–Kier alpha value is -1.85. The number of thiophene rings is 1. The fourth-order valence-electron chi connectivity index (χ4n) is 1.69. The highest BCUT2D eigenvalue weighted by Crippen LogP contribution is 2.16. The van der Waals surface area contributed by atoms with Crippen molar-refractivity contribution in [3.63, 3.8) is 0 Å². The van der Waals surface area contributed by atoms with Crippen LogP contribution in [0.5, 0.6) is 0 Å². The molecule has 1 heterocycles. The summed E-state index contributed by atoms with van der Waals surface area (Å²) in [5, 5.41) is 2.05. The molecule has 1 aromatic carbocycles. The Morgan fingerprint density at radius 2 is 2.16 bits per heavy atom. The molecule has 100 valence electrons. The van der Waals surface area contributed by atoms with Crippen molar-refractivity contribution in [1.29, 1.82) is 0 Å². The Labute approximate surface area is 116 Å². The smallest absolute Gasteiger partial charge is 0.248 e. The first kappa shape index (κ1) is 13.6. The molecule has 0 aliphatic carbocycles. The van der Waals surface area contributed by atoms with Crippen LogP contribution >= 0.6 is 11.3 Å². The molecule has 5 heteroatoms. The Balaban J connectivity index is 1.84. The maximum absolute atomic E-state index is 11.0. The minimum absolute atomic E-state index is 0.417. The number of nitrogen functional groups attached to an aromatic ring is 1. The largest absolute Gasteiger partial charge is 0.398 e. The van der Waals surface area contributed by atoms with Crippen LogP contribution in [0.15, 0.2) is 35.7 Å². The van der Waals surface area contributed by atoms with Crippen LogP contribution in [-0.4, -0.2) is 12.5 Å². The average Bonchev–Trinajstić information content (AvgIpc) is 2.89. The van der Waals surface area contributed by atoms with Crippen LogP contribution in [0.3, 0.4) is 0 Å². The predicted molar refractivity (Wildman–Crippen MR) is 77.1 cm³/mol. The molecule has 0 fully saturated rings. The van der Waals surface area contributed by atoms with Gasteiger partial charge in [0.25, 0.3) is 0 Å². The van der Waals surface area contributed by atoms with E-state index in [0.717, 1.165) is 12.0 Å². The zero-order chi connectivity index (χ0) is 13.7. The van der Waals surface area contributed by atoms with E-state index in [1.807, 2.05) is 6.07 Å². The molecule has 1 amide bonds. The van der Waals surface area contributed by atoms with Crippen molar-refractivity contribution in [3.8, 4) is 0 Å². The zero-order valence-electron chi connectivity index (χ0n) is 10.5. The van der Waals surface area contributed by atoms with Crippen molar-refractivity contribution >= 4 is 22.9 Å². The summed E-state index contributed by atoms with van der Waals surface area (Å²) in [6, 6.07) is 9.14. The Bertz CT molecular complexity index is 553. The monoisotopic (exact) mass is 276 g/mol. The molecule has 4 N–H and O–H groups in total. The van der Waals surface area contributed by atoms with Crippen molar-refractivity contribution < 1.29 is 9.53 Å². The molecule has 0 aliphatic heterocycles. The van der Waals surface area contributed by atoms with Crippen molar-refractivity contribution in [2.45, 2.75) is 13.0 Å². The third-order valence-corrected chi connectivity index (χ3v) is 3.70. The topological polar surface area (TPSA) is 78.3 Å². The van der Waals surface area contributed by atoms with E-state index in [9.17, 15) is 4.79 Å². The van der Waals surface area contributed by atoms with E-state index >= 15 is 0 Å². The number of carbonyl (C=O) groups excluding carboxylic acids is 1. The molecule has 1 aromatic heterocycles. The van der Waals surface area contributed by atoms with Gasteiger partial charge in [0.05, 0.1) is 13.2 Å². The van der Waals surface area contributed by atoms with Gasteiger partial charge < -0.3 is 16.2 Å². The third-order valence-electron chi connectivity index (χ3n) is 2.76. The normalized spacial score (nSPS) is 10.5. The summed E-state index contributed by atoms with van der Waals surface area (Å²) in [7, 11) is 0. The summed E-state index contributed by atoms with van der Waals surface area (Å²) >= 11 is 1.72.